The molecule has 0 spiro atoms. The fourth-order valence-corrected chi connectivity index (χ4v) is 5.90. The van der Waals surface area contributed by atoms with Crippen molar-refractivity contribution in [2.45, 2.75) is 45.6 Å². The molecular formula is C28H34F6N4O6S2+2. The van der Waals surface area contributed by atoms with Crippen molar-refractivity contribution >= 4 is 49.6 Å². The van der Waals surface area contributed by atoms with Gasteiger partial charge in [-0.3, -0.25) is 14.6 Å². The minimum atomic E-state index is -5.83. The zero-order valence-electron chi connectivity index (χ0n) is 25.5. The third-order valence-corrected chi connectivity index (χ3v) is 9.52. The highest BCUT2D eigenvalue weighted by Crippen LogP contribution is 2.25. The van der Waals surface area contributed by atoms with E-state index in [1.54, 1.807) is 27.7 Å². The summed E-state index contributed by atoms with van der Waals surface area (Å²) in [5.41, 5.74) is -11.7. The largest absolute Gasteiger partial charge is 0.537 e. The second-order valence-electron chi connectivity index (χ2n) is 9.52. The molecule has 0 fully saturated rings. The molecule has 0 amide bonds. The van der Waals surface area contributed by atoms with Crippen molar-refractivity contribution in [3.63, 3.8) is 0 Å². The van der Waals surface area contributed by atoms with Crippen LogP contribution in [0.4, 0.5) is 38.0 Å². The Hall–Kier alpha value is -3.93. The van der Waals surface area contributed by atoms with Gasteiger partial charge in [0.2, 0.25) is 0 Å². The normalized spacial score (nSPS) is 13.7. The number of allylic oxidation sites excluding steroid dienone is 3. The first-order chi connectivity index (χ1) is 21.2. The number of alkyl halides is 6. The Bertz CT molecular complexity index is 1740. The summed E-state index contributed by atoms with van der Waals surface area (Å²) in [5.74, 6) is -1.99. The van der Waals surface area contributed by atoms with Gasteiger partial charge in [-0.25, -0.2) is 0 Å². The monoisotopic (exact) mass is 700 g/mol. The Morgan fingerprint density at radius 3 is 1.39 bits per heavy atom. The topological polar surface area (TPSA) is 120 Å². The van der Waals surface area contributed by atoms with E-state index in [0.29, 0.717) is 12.4 Å². The zero-order chi connectivity index (χ0) is 35.3. The fraction of sp³-hybridized carbons (Fsp3) is 0.393. The number of carbonyl (C=O) groups is 1. The molecule has 0 bridgehead atoms. The summed E-state index contributed by atoms with van der Waals surface area (Å²) in [4.78, 5) is 15.5. The number of pyridine rings is 2. The van der Waals surface area contributed by atoms with Gasteiger partial charge in [0, 0.05) is 28.8 Å². The van der Waals surface area contributed by atoms with Gasteiger partial charge in [0.25, 0.3) is 11.6 Å². The molecule has 2 rings (SSSR count). The second kappa shape index (κ2) is 14.7. The molecule has 0 aliphatic rings. The predicted octanol–water partition coefficient (Wildman–Crippen LogP) is 4.48. The quantitative estimate of drug-likeness (QED) is 0.107. The molecule has 0 atom stereocenters. The third kappa shape index (κ3) is 8.26. The summed E-state index contributed by atoms with van der Waals surface area (Å²) in [5, 5.41) is 10.4. The van der Waals surface area contributed by atoms with Gasteiger partial charge in [0.05, 0.1) is 26.2 Å². The smallest absolute Gasteiger partial charge is 0.508 e. The minimum absolute atomic E-state index is 0.0732. The summed E-state index contributed by atoms with van der Waals surface area (Å²) in [6.45, 7) is 8.50. The van der Waals surface area contributed by atoms with Gasteiger partial charge >= 0.3 is 31.1 Å². The Morgan fingerprint density at radius 2 is 1.07 bits per heavy atom. The number of halogens is 6. The number of hydrogen-bond acceptors (Lipinski definition) is 8. The van der Waals surface area contributed by atoms with Crippen LogP contribution < -0.4 is 17.7 Å². The highest BCUT2D eigenvalue weighted by atomic mass is 32.2. The van der Waals surface area contributed by atoms with Crippen LogP contribution in [-0.2, 0) is 24.8 Å². The first-order valence-electron chi connectivity index (χ1n) is 13.7. The maximum absolute atomic E-state index is 13.4. The highest BCUT2D eigenvalue weighted by molar-refractivity contribution is 7.86. The number of ketones is 1. The maximum Gasteiger partial charge on any atom is 0.537 e. The van der Waals surface area contributed by atoms with Gasteiger partial charge < -0.3 is 5.11 Å². The highest BCUT2D eigenvalue weighted by Gasteiger charge is 2.53. The van der Waals surface area contributed by atoms with Crippen LogP contribution >= 0.6 is 0 Å². The van der Waals surface area contributed by atoms with Crippen LogP contribution in [0.1, 0.15) is 45.7 Å². The summed E-state index contributed by atoms with van der Waals surface area (Å²) >= 11 is 0. The van der Waals surface area contributed by atoms with Crippen LogP contribution in [0.2, 0.25) is 0 Å². The van der Waals surface area contributed by atoms with Gasteiger partial charge in [-0.15, -0.1) is 7.94 Å². The SMILES string of the molecule is CCN(CC)c1ccc(/C=C/C(=O)/C(C)=C(O)/C=C/c2ccc(N(CC)CC)[n+](S(=O)(=O)C(F)(F)F)c2)c[n+]1S(=O)(=O)C(F)(F)F. The van der Waals surface area contributed by atoms with Crippen LogP contribution in [0.15, 0.2) is 60.1 Å². The molecule has 1 N–H and O–H groups in total. The summed E-state index contributed by atoms with van der Waals surface area (Å²) in [6.07, 6.45) is 5.34. The number of anilines is 2. The molecule has 0 aliphatic heterocycles. The number of aliphatic hydroxyl groups excluding tert-OH is 1. The van der Waals surface area contributed by atoms with Crippen LogP contribution in [0, 0.1) is 0 Å². The molecule has 0 radical (unpaired) electrons. The number of hydrogen-bond donors (Lipinski definition) is 1. The van der Waals surface area contributed by atoms with Crippen molar-refractivity contribution in [3.05, 3.63) is 71.3 Å². The van der Waals surface area contributed by atoms with Gasteiger partial charge in [-0.05, 0) is 71.1 Å². The van der Waals surface area contributed by atoms with Crippen molar-refractivity contribution < 1.29 is 61.0 Å². The predicted molar refractivity (Wildman–Crippen MR) is 160 cm³/mol. The first-order valence-corrected chi connectivity index (χ1v) is 16.6. The fourth-order valence-electron chi connectivity index (χ4n) is 4.09. The number of aromatic nitrogens is 2. The molecule has 0 saturated heterocycles. The molecule has 10 nitrogen and oxygen atoms in total. The van der Waals surface area contributed by atoms with Crippen LogP contribution in [-0.4, -0.2) is 64.9 Å². The lowest BCUT2D eigenvalue weighted by Gasteiger charge is -2.17. The number of nitrogens with zero attached hydrogens (tertiary/aromatic N) is 4. The Labute approximate surface area is 263 Å². The van der Waals surface area contributed by atoms with E-state index in [1.807, 2.05) is 0 Å². The van der Waals surface area contributed by atoms with Gasteiger partial charge in [-0.2, -0.15) is 43.2 Å². The van der Waals surface area contributed by atoms with E-state index in [2.05, 4.69) is 0 Å². The molecule has 2 heterocycles. The molecule has 2 aromatic rings. The second-order valence-corrected chi connectivity index (χ2v) is 13.1. The standard InChI is InChI=1S/C28H33F6N4O6S2/c1-6-35(7-2)25-16-12-21(18-37(25)45(41,42)27(29,30)31)10-14-23(39)20(5)24(40)15-11-22-13-17-26(36(8-3)9-4)38(19-22)46(43,44)28(32,33)34/h10-19H,6-9H2,1-5H3/q+1/p+1/b14-10+,15-11+. The van der Waals surface area contributed by atoms with E-state index < -0.39 is 42.6 Å². The van der Waals surface area contributed by atoms with Crippen LogP contribution in [0.3, 0.4) is 0 Å². The van der Waals surface area contributed by atoms with Crippen LogP contribution in [0.5, 0.6) is 0 Å². The van der Waals surface area contributed by atoms with Crippen molar-refractivity contribution in [1.29, 1.82) is 0 Å². The lowest BCUT2D eigenvalue weighted by Crippen LogP contribution is -2.54. The average Bonchev–Trinajstić information content (AvgIpc) is 2.98. The van der Waals surface area contributed by atoms with Crippen LogP contribution in [0.25, 0.3) is 12.2 Å². The molecule has 0 aromatic carbocycles. The molecule has 2 aromatic heterocycles. The third-order valence-electron chi connectivity index (χ3n) is 6.73. The molecule has 0 unspecified atom stereocenters. The lowest BCUT2D eigenvalue weighted by molar-refractivity contribution is -0.505. The lowest BCUT2D eigenvalue weighted by atomic mass is 10.1. The maximum atomic E-state index is 13.4. The van der Waals surface area contributed by atoms with Gasteiger partial charge in [0.15, 0.2) is 5.78 Å². The molecule has 0 aliphatic carbocycles. The van der Waals surface area contributed by atoms with Crippen molar-refractivity contribution in [2.75, 3.05) is 36.0 Å². The molecule has 254 valence electrons. The Morgan fingerprint density at radius 1 is 0.717 bits per heavy atom. The Kier molecular flexibility index (Phi) is 12.2. The number of aliphatic hydroxyl groups is 1. The molecule has 0 saturated carbocycles. The van der Waals surface area contributed by atoms with E-state index in [4.69, 9.17) is 0 Å². The molecular weight excluding hydrogens is 666 g/mol. The average molecular weight is 701 g/mol. The van der Waals surface area contributed by atoms with E-state index in [0.717, 1.165) is 36.4 Å². The van der Waals surface area contributed by atoms with Gasteiger partial charge in [0.1, 0.15) is 18.2 Å². The first kappa shape index (κ1) is 38.3. The summed E-state index contributed by atoms with van der Waals surface area (Å²) in [7, 11) is -11.7. The van der Waals surface area contributed by atoms with Gasteiger partial charge in [-0.1, -0.05) is 0 Å². The van der Waals surface area contributed by atoms with Crippen molar-refractivity contribution in [2.24, 2.45) is 0 Å². The molecule has 18 heteroatoms. The van der Waals surface area contributed by atoms with E-state index in [1.165, 1.54) is 28.9 Å². The molecule has 46 heavy (non-hydrogen) atoms. The summed E-state index contributed by atoms with van der Waals surface area (Å²) < 4.78 is 130. The number of carbonyl (C=O) groups excluding carboxylic acids is 1. The summed E-state index contributed by atoms with van der Waals surface area (Å²) in [6, 6.07) is 4.92. The van der Waals surface area contributed by atoms with E-state index in [-0.39, 0.29) is 62.5 Å². The number of rotatable bonds is 13. The minimum Gasteiger partial charge on any atom is -0.508 e. The zero-order valence-corrected chi connectivity index (χ0v) is 27.1. The Balaban J connectivity index is 2.48. The van der Waals surface area contributed by atoms with E-state index >= 15 is 0 Å². The van der Waals surface area contributed by atoms with E-state index in [9.17, 15) is 53.1 Å². The van der Waals surface area contributed by atoms with Crippen molar-refractivity contribution in [1.82, 2.24) is 0 Å². The van der Waals surface area contributed by atoms with Crippen molar-refractivity contribution in [3.8, 4) is 0 Å².